The molecule has 1 atom stereocenters. The molecule has 1 heterocycles. The van der Waals surface area contributed by atoms with Gasteiger partial charge in [0.2, 0.25) is 0 Å². The minimum atomic E-state index is -0.453. The fourth-order valence-electron chi connectivity index (χ4n) is 2.51. The van der Waals surface area contributed by atoms with E-state index in [1.165, 1.54) is 6.07 Å². The van der Waals surface area contributed by atoms with Gasteiger partial charge < -0.3 is 15.7 Å². The molecule has 18 heavy (non-hydrogen) atoms. The van der Waals surface area contributed by atoms with Crippen molar-refractivity contribution in [2.75, 3.05) is 24.6 Å². The number of rotatable bonds is 4. The third kappa shape index (κ3) is 2.46. The van der Waals surface area contributed by atoms with E-state index in [0.29, 0.717) is 11.6 Å². The first-order valence-electron chi connectivity index (χ1n) is 6.12. The highest BCUT2D eigenvalue weighted by Gasteiger charge is 2.25. The summed E-state index contributed by atoms with van der Waals surface area (Å²) in [5.41, 5.74) is 6.32. The summed E-state index contributed by atoms with van der Waals surface area (Å²) < 4.78 is 13.7. The lowest BCUT2D eigenvalue weighted by molar-refractivity contribution is 0.263. The molecule has 4 nitrogen and oxygen atoms in total. The van der Waals surface area contributed by atoms with Gasteiger partial charge in [0.15, 0.2) is 0 Å². The molecule has 98 valence electrons. The summed E-state index contributed by atoms with van der Waals surface area (Å²) >= 11 is 0. The number of halogens is 1. The summed E-state index contributed by atoms with van der Waals surface area (Å²) in [6, 6.07) is 4.75. The maximum atomic E-state index is 13.7. The van der Waals surface area contributed by atoms with Crippen molar-refractivity contribution in [3.05, 3.63) is 29.6 Å². The minimum absolute atomic E-state index is 0.182. The van der Waals surface area contributed by atoms with Gasteiger partial charge in [0, 0.05) is 19.7 Å². The fourth-order valence-corrected chi connectivity index (χ4v) is 2.51. The van der Waals surface area contributed by atoms with Crippen molar-refractivity contribution in [2.24, 2.45) is 11.7 Å². The van der Waals surface area contributed by atoms with E-state index >= 15 is 0 Å². The van der Waals surface area contributed by atoms with Gasteiger partial charge in [0.05, 0.1) is 11.3 Å². The molecule has 2 rings (SSSR count). The van der Waals surface area contributed by atoms with E-state index in [9.17, 15) is 4.39 Å². The van der Waals surface area contributed by atoms with Crippen LogP contribution in [0.25, 0.3) is 0 Å². The zero-order valence-corrected chi connectivity index (χ0v) is 10.2. The van der Waals surface area contributed by atoms with Crippen LogP contribution in [0.5, 0.6) is 0 Å². The summed E-state index contributed by atoms with van der Waals surface area (Å²) in [6.07, 6.45) is 1.75. The predicted molar refractivity (Wildman–Crippen MR) is 69.4 cm³/mol. The third-order valence-electron chi connectivity index (χ3n) is 3.42. The highest BCUT2D eigenvalue weighted by atomic mass is 19.1. The number of aliphatic hydroxyl groups excluding tert-OH is 1. The molecule has 1 aromatic carbocycles. The minimum Gasteiger partial charge on any atom is -0.396 e. The number of nitrogens with zero attached hydrogens (tertiary/aromatic N) is 1. The van der Waals surface area contributed by atoms with Crippen LogP contribution in [0.3, 0.4) is 0 Å². The first kappa shape index (κ1) is 12.8. The molecule has 0 amide bonds. The van der Waals surface area contributed by atoms with Crippen molar-refractivity contribution in [3.63, 3.8) is 0 Å². The Morgan fingerprint density at radius 2 is 2.33 bits per heavy atom. The number of nitrogens with two attached hydrogens (primary N) is 1. The van der Waals surface area contributed by atoms with Crippen molar-refractivity contribution in [1.29, 1.82) is 5.41 Å². The Bertz CT molecular complexity index is 450. The van der Waals surface area contributed by atoms with Gasteiger partial charge in [-0.1, -0.05) is 6.07 Å². The van der Waals surface area contributed by atoms with Gasteiger partial charge in [0.25, 0.3) is 0 Å². The Hall–Kier alpha value is -1.62. The van der Waals surface area contributed by atoms with Crippen LogP contribution in [0.1, 0.15) is 18.4 Å². The quantitative estimate of drug-likeness (QED) is 0.558. The maximum Gasteiger partial charge on any atom is 0.136 e. The summed E-state index contributed by atoms with van der Waals surface area (Å²) in [7, 11) is 0. The van der Waals surface area contributed by atoms with E-state index < -0.39 is 5.82 Å². The lowest BCUT2D eigenvalue weighted by Crippen LogP contribution is -2.25. The monoisotopic (exact) mass is 251 g/mol. The SMILES string of the molecule is N=C(N)c1c(F)cccc1N1CCC(CCO)C1. The number of benzene rings is 1. The molecule has 0 bridgehead atoms. The van der Waals surface area contributed by atoms with E-state index in [1.54, 1.807) is 12.1 Å². The molecule has 5 heteroatoms. The first-order valence-corrected chi connectivity index (χ1v) is 6.12. The molecule has 0 radical (unpaired) electrons. The van der Waals surface area contributed by atoms with Crippen LogP contribution in [-0.2, 0) is 0 Å². The highest BCUT2D eigenvalue weighted by Crippen LogP contribution is 2.29. The predicted octanol–water partition coefficient (Wildman–Crippen LogP) is 1.32. The molecule has 1 aliphatic heterocycles. The van der Waals surface area contributed by atoms with Crippen molar-refractivity contribution < 1.29 is 9.50 Å². The molecule has 0 saturated carbocycles. The van der Waals surface area contributed by atoms with Crippen molar-refractivity contribution in [1.82, 2.24) is 0 Å². The Morgan fingerprint density at radius 3 is 3.00 bits per heavy atom. The standard InChI is InChI=1S/C13H18FN3O/c14-10-2-1-3-11(12(10)13(15)16)17-6-4-9(8-17)5-7-18/h1-3,9,18H,4-8H2,(H3,15,16). The number of hydrogen-bond donors (Lipinski definition) is 3. The van der Waals surface area contributed by atoms with Gasteiger partial charge in [-0.05, 0) is 30.9 Å². The number of nitrogens with one attached hydrogen (secondary N) is 1. The van der Waals surface area contributed by atoms with Gasteiger partial charge >= 0.3 is 0 Å². The zero-order valence-electron chi connectivity index (χ0n) is 10.2. The van der Waals surface area contributed by atoms with Crippen LogP contribution in [0.4, 0.5) is 10.1 Å². The van der Waals surface area contributed by atoms with Crippen molar-refractivity contribution in [2.45, 2.75) is 12.8 Å². The second kappa shape index (κ2) is 5.35. The number of aliphatic hydroxyl groups is 1. The van der Waals surface area contributed by atoms with Crippen LogP contribution >= 0.6 is 0 Å². The second-order valence-corrected chi connectivity index (χ2v) is 4.66. The topological polar surface area (TPSA) is 73.3 Å². The molecular weight excluding hydrogens is 233 g/mol. The number of anilines is 1. The van der Waals surface area contributed by atoms with Gasteiger partial charge in [-0.15, -0.1) is 0 Å². The Kier molecular flexibility index (Phi) is 3.81. The molecule has 1 aromatic rings. The van der Waals surface area contributed by atoms with Crippen LogP contribution < -0.4 is 10.6 Å². The Morgan fingerprint density at radius 1 is 1.56 bits per heavy atom. The molecule has 0 aliphatic carbocycles. The molecular formula is C13H18FN3O. The summed E-state index contributed by atoms with van der Waals surface area (Å²) in [4.78, 5) is 2.04. The summed E-state index contributed by atoms with van der Waals surface area (Å²) in [6.45, 7) is 1.78. The molecule has 1 aliphatic rings. The average molecular weight is 251 g/mol. The maximum absolute atomic E-state index is 13.7. The van der Waals surface area contributed by atoms with E-state index in [2.05, 4.69) is 0 Å². The van der Waals surface area contributed by atoms with Crippen LogP contribution in [0.15, 0.2) is 18.2 Å². The lowest BCUT2D eigenvalue weighted by atomic mass is 10.1. The molecule has 4 N–H and O–H groups in total. The molecule has 0 spiro atoms. The molecule has 0 aromatic heterocycles. The second-order valence-electron chi connectivity index (χ2n) is 4.66. The summed E-state index contributed by atoms with van der Waals surface area (Å²) in [5.74, 6) is -0.266. The molecule has 1 fully saturated rings. The van der Waals surface area contributed by atoms with E-state index in [-0.39, 0.29) is 18.0 Å². The Balaban J connectivity index is 2.24. The van der Waals surface area contributed by atoms with Crippen LogP contribution in [0.2, 0.25) is 0 Å². The number of hydrogen-bond acceptors (Lipinski definition) is 3. The third-order valence-corrected chi connectivity index (χ3v) is 3.42. The zero-order chi connectivity index (χ0) is 13.1. The smallest absolute Gasteiger partial charge is 0.136 e. The highest BCUT2D eigenvalue weighted by molar-refractivity contribution is 6.00. The first-order chi connectivity index (χ1) is 8.63. The number of amidine groups is 1. The van der Waals surface area contributed by atoms with Crippen LogP contribution in [-0.4, -0.2) is 30.6 Å². The van der Waals surface area contributed by atoms with Gasteiger partial charge in [-0.2, -0.15) is 0 Å². The van der Waals surface area contributed by atoms with Gasteiger partial charge in [-0.3, -0.25) is 5.41 Å². The van der Waals surface area contributed by atoms with E-state index in [0.717, 1.165) is 25.9 Å². The fraction of sp³-hybridized carbons (Fsp3) is 0.462. The molecule has 1 saturated heterocycles. The van der Waals surface area contributed by atoms with E-state index in [4.69, 9.17) is 16.2 Å². The average Bonchev–Trinajstić information content (AvgIpc) is 2.77. The summed E-state index contributed by atoms with van der Waals surface area (Å²) in [5, 5.41) is 16.4. The normalized spacial score (nSPS) is 19.2. The number of nitrogen functional groups attached to an aromatic ring is 1. The van der Waals surface area contributed by atoms with Crippen molar-refractivity contribution in [3.8, 4) is 0 Å². The van der Waals surface area contributed by atoms with E-state index in [1.807, 2.05) is 4.90 Å². The molecule has 1 unspecified atom stereocenters. The largest absolute Gasteiger partial charge is 0.396 e. The lowest BCUT2D eigenvalue weighted by Gasteiger charge is -2.22. The van der Waals surface area contributed by atoms with Gasteiger partial charge in [0.1, 0.15) is 11.7 Å². The van der Waals surface area contributed by atoms with Crippen LogP contribution in [0, 0.1) is 17.1 Å². The van der Waals surface area contributed by atoms with Crippen molar-refractivity contribution >= 4 is 11.5 Å². The van der Waals surface area contributed by atoms with Gasteiger partial charge in [-0.25, -0.2) is 4.39 Å². The Labute approximate surface area is 106 Å².